The highest BCUT2D eigenvalue weighted by atomic mass is 35.5. The molecule has 2 fully saturated rings. The summed E-state index contributed by atoms with van der Waals surface area (Å²) < 4.78 is 0. The Kier molecular flexibility index (Phi) is 5.47. The number of benzene rings is 1. The van der Waals surface area contributed by atoms with Crippen molar-refractivity contribution in [3.05, 3.63) is 35.4 Å². The number of halogens is 2. The molecule has 0 amide bonds. The van der Waals surface area contributed by atoms with Crippen LogP contribution in [0.4, 0.5) is 0 Å². The second kappa shape index (κ2) is 6.25. The normalized spacial score (nSPS) is 29.1. The van der Waals surface area contributed by atoms with Crippen LogP contribution in [0.2, 0.25) is 0 Å². The fourth-order valence-corrected chi connectivity index (χ4v) is 3.17. The highest BCUT2D eigenvalue weighted by Gasteiger charge is 2.54. The highest BCUT2D eigenvalue weighted by Crippen LogP contribution is 2.51. The van der Waals surface area contributed by atoms with Crippen LogP contribution in [0.15, 0.2) is 24.3 Å². The lowest BCUT2D eigenvalue weighted by molar-refractivity contribution is 0.279. The number of nitrogens with two attached hydrogens (primary N) is 1. The molecule has 1 aromatic carbocycles. The summed E-state index contributed by atoms with van der Waals surface area (Å²) in [5.41, 5.74) is 8.50. The summed E-state index contributed by atoms with van der Waals surface area (Å²) in [6.45, 7) is 6.68. The average molecular weight is 289 g/mol. The molecule has 0 radical (unpaired) electrons. The Bertz CT molecular complexity index is 368. The zero-order valence-electron chi connectivity index (χ0n) is 10.7. The van der Waals surface area contributed by atoms with E-state index in [2.05, 4.69) is 36.1 Å². The van der Waals surface area contributed by atoms with Crippen molar-refractivity contribution < 1.29 is 0 Å². The van der Waals surface area contributed by atoms with Crippen LogP contribution >= 0.6 is 24.8 Å². The molecule has 2 nitrogen and oxygen atoms in total. The molecule has 1 unspecified atom stereocenters. The third-order valence-electron chi connectivity index (χ3n) is 4.25. The first-order chi connectivity index (χ1) is 7.78. The van der Waals surface area contributed by atoms with Gasteiger partial charge in [0, 0.05) is 19.6 Å². The monoisotopic (exact) mass is 288 g/mol. The molecule has 1 saturated heterocycles. The van der Waals surface area contributed by atoms with Crippen LogP contribution in [-0.2, 0) is 6.54 Å². The molecule has 0 aromatic heterocycles. The van der Waals surface area contributed by atoms with Crippen molar-refractivity contribution in [2.45, 2.75) is 13.5 Å². The van der Waals surface area contributed by atoms with E-state index < -0.39 is 0 Å². The van der Waals surface area contributed by atoms with E-state index in [1.54, 1.807) is 0 Å². The van der Waals surface area contributed by atoms with E-state index in [1.165, 1.54) is 24.2 Å². The highest BCUT2D eigenvalue weighted by molar-refractivity contribution is 5.85. The summed E-state index contributed by atoms with van der Waals surface area (Å²) in [4.78, 5) is 2.58. The average Bonchev–Trinajstić information content (AvgIpc) is 2.76. The zero-order valence-corrected chi connectivity index (χ0v) is 12.3. The van der Waals surface area contributed by atoms with Gasteiger partial charge in [0.25, 0.3) is 0 Å². The molecule has 1 aliphatic heterocycles. The molecule has 1 heterocycles. The Labute approximate surface area is 122 Å². The molecular formula is C14H22Cl2N2. The maximum Gasteiger partial charge on any atom is 0.0233 e. The first kappa shape index (κ1) is 15.8. The van der Waals surface area contributed by atoms with Crippen molar-refractivity contribution in [2.75, 3.05) is 19.6 Å². The van der Waals surface area contributed by atoms with Gasteiger partial charge in [0.2, 0.25) is 0 Å². The summed E-state index contributed by atoms with van der Waals surface area (Å²) in [7, 11) is 0. The second-order valence-corrected chi connectivity index (χ2v) is 5.41. The van der Waals surface area contributed by atoms with E-state index in [9.17, 15) is 0 Å². The Morgan fingerprint density at radius 3 is 2.17 bits per heavy atom. The smallest absolute Gasteiger partial charge is 0.0233 e. The van der Waals surface area contributed by atoms with Gasteiger partial charge in [-0.1, -0.05) is 29.8 Å². The number of nitrogens with zero attached hydrogens (tertiary/aromatic N) is 1. The predicted molar refractivity (Wildman–Crippen MR) is 80.5 cm³/mol. The SMILES string of the molecule is Cc1ccc(CN2C[C@@H]3C(CN)[C@@H]3C2)cc1.Cl.Cl. The molecule has 0 spiro atoms. The molecule has 2 N–H and O–H groups in total. The largest absolute Gasteiger partial charge is 0.330 e. The summed E-state index contributed by atoms with van der Waals surface area (Å²) in [6.07, 6.45) is 0. The Balaban J connectivity index is 0.000000810. The fourth-order valence-electron chi connectivity index (χ4n) is 3.17. The number of rotatable bonds is 3. The van der Waals surface area contributed by atoms with Gasteiger partial charge >= 0.3 is 0 Å². The van der Waals surface area contributed by atoms with Crippen molar-refractivity contribution >= 4 is 24.8 Å². The number of fused-ring (bicyclic) bond motifs is 1. The van der Waals surface area contributed by atoms with Gasteiger partial charge in [-0.15, -0.1) is 24.8 Å². The van der Waals surface area contributed by atoms with Crippen LogP contribution in [0, 0.1) is 24.7 Å². The first-order valence-corrected chi connectivity index (χ1v) is 6.26. The molecule has 3 atom stereocenters. The zero-order chi connectivity index (χ0) is 11.1. The lowest BCUT2D eigenvalue weighted by atomic mass is 10.1. The lowest BCUT2D eigenvalue weighted by Crippen LogP contribution is -2.25. The fraction of sp³-hybridized carbons (Fsp3) is 0.571. The second-order valence-electron chi connectivity index (χ2n) is 5.41. The first-order valence-electron chi connectivity index (χ1n) is 6.26. The molecule has 102 valence electrons. The van der Waals surface area contributed by atoms with E-state index in [0.29, 0.717) is 0 Å². The molecule has 0 bridgehead atoms. The summed E-state index contributed by atoms with van der Waals surface area (Å²) in [5, 5.41) is 0. The van der Waals surface area contributed by atoms with Crippen LogP contribution < -0.4 is 5.73 Å². The van der Waals surface area contributed by atoms with Gasteiger partial charge in [0.05, 0.1) is 0 Å². The standard InChI is InChI=1S/C14H20N2.2ClH/c1-10-2-4-11(5-3-10)7-16-8-13-12(6-15)14(13)9-16;;/h2-5,12-14H,6-9,15H2,1H3;2*1H/t12?,13-,14+;;. The third-order valence-corrected chi connectivity index (χ3v) is 4.25. The molecular weight excluding hydrogens is 267 g/mol. The Hall–Kier alpha value is -0.280. The molecule has 18 heavy (non-hydrogen) atoms. The van der Waals surface area contributed by atoms with Gasteiger partial charge in [-0.05, 0) is 36.8 Å². The molecule has 3 rings (SSSR count). The van der Waals surface area contributed by atoms with Crippen molar-refractivity contribution in [3.63, 3.8) is 0 Å². The number of piperidine rings is 1. The van der Waals surface area contributed by atoms with E-state index in [1.807, 2.05) is 0 Å². The summed E-state index contributed by atoms with van der Waals surface area (Å²) in [5.74, 6) is 2.67. The minimum atomic E-state index is 0. The molecule has 1 aliphatic carbocycles. The summed E-state index contributed by atoms with van der Waals surface area (Å²) in [6, 6.07) is 8.91. The third kappa shape index (κ3) is 3.00. The molecule has 1 saturated carbocycles. The van der Waals surface area contributed by atoms with Gasteiger partial charge in [-0.3, -0.25) is 4.90 Å². The quantitative estimate of drug-likeness (QED) is 0.926. The number of aryl methyl sites for hydroxylation is 1. The Morgan fingerprint density at radius 2 is 1.67 bits per heavy atom. The van der Waals surface area contributed by atoms with Crippen molar-refractivity contribution in [2.24, 2.45) is 23.5 Å². The maximum absolute atomic E-state index is 5.72. The van der Waals surface area contributed by atoms with Crippen molar-refractivity contribution in [1.29, 1.82) is 0 Å². The minimum Gasteiger partial charge on any atom is -0.330 e. The van der Waals surface area contributed by atoms with E-state index in [4.69, 9.17) is 5.73 Å². The summed E-state index contributed by atoms with van der Waals surface area (Å²) >= 11 is 0. The van der Waals surface area contributed by atoms with Gasteiger partial charge in [0.15, 0.2) is 0 Å². The number of hydrogen-bond acceptors (Lipinski definition) is 2. The van der Waals surface area contributed by atoms with E-state index in [-0.39, 0.29) is 24.8 Å². The van der Waals surface area contributed by atoms with Crippen LogP contribution in [0.1, 0.15) is 11.1 Å². The maximum atomic E-state index is 5.72. The van der Waals surface area contributed by atoms with Gasteiger partial charge in [-0.25, -0.2) is 0 Å². The number of hydrogen-bond donors (Lipinski definition) is 1. The van der Waals surface area contributed by atoms with Crippen LogP contribution in [0.5, 0.6) is 0 Å². The predicted octanol–water partition coefficient (Wildman–Crippen LogP) is 2.48. The van der Waals surface area contributed by atoms with Gasteiger partial charge < -0.3 is 5.73 Å². The van der Waals surface area contributed by atoms with Gasteiger partial charge in [0.1, 0.15) is 0 Å². The van der Waals surface area contributed by atoms with Crippen molar-refractivity contribution in [3.8, 4) is 0 Å². The van der Waals surface area contributed by atoms with Gasteiger partial charge in [-0.2, -0.15) is 0 Å². The molecule has 1 aromatic rings. The number of likely N-dealkylation sites (tertiary alicyclic amines) is 1. The molecule has 2 aliphatic rings. The Morgan fingerprint density at radius 1 is 1.11 bits per heavy atom. The van der Waals surface area contributed by atoms with Crippen LogP contribution in [0.25, 0.3) is 0 Å². The van der Waals surface area contributed by atoms with Crippen LogP contribution in [0.3, 0.4) is 0 Å². The van der Waals surface area contributed by atoms with E-state index in [0.717, 1.165) is 30.8 Å². The van der Waals surface area contributed by atoms with Crippen LogP contribution in [-0.4, -0.2) is 24.5 Å². The van der Waals surface area contributed by atoms with E-state index >= 15 is 0 Å². The minimum absolute atomic E-state index is 0. The van der Waals surface area contributed by atoms with Crippen molar-refractivity contribution in [1.82, 2.24) is 4.90 Å². The lowest BCUT2D eigenvalue weighted by Gasteiger charge is -2.19. The molecule has 4 heteroatoms. The topological polar surface area (TPSA) is 29.3 Å².